The van der Waals surface area contributed by atoms with Gasteiger partial charge >= 0.3 is 5.97 Å². The summed E-state index contributed by atoms with van der Waals surface area (Å²) in [5.41, 5.74) is 1.27. The van der Waals surface area contributed by atoms with E-state index >= 15 is 0 Å². The molecule has 2 saturated heterocycles. The number of piperidine rings is 1. The summed E-state index contributed by atoms with van der Waals surface area (Å²) in [7, 11) is 1.50. The summed E-state index contributed by atoms with van der Waals surface area (Å²) in [6, 6.07) is 15.8. The van der Waals surface area contributed by atoms with Crippen molar-refractivity contribution in [3.05, 3.63) is 48.0 Å². The minimum atomic E-state index is -0.0731. The maximum atomic E-state index is 12.3. The SMILES string of the molecule is COC(=O)[C@@H]1C2CCC(C[C@H]1c1ccc3ccccc3c1)N2. The second-order valence-electron chi connectivity index (χ2n) is 6.55. The molecule has 2 unspecified atom stereocenters. The fraction of sp³-hybridized carbons (Fsp3) is 0.421. The number of hydrogen-bond donors (Lipinski definition) is 1. The topological polar surface area (TPSA) is 38.3 Å². The van der Waals surface area contributed by atoms with Gasteiger partial charge < -0.3 is 10.1 Å². The van der Waals surface area contributed by atoms with Crippen LogP contribution in [0.25, 0.3) is 10.8 Å². The van der Waals surface area contributed by atoms with Crippen LogP contribution in [0.1, 0.15) is 30.7 Å². The summed E-state index contributed by atoms with van der Waals surface area (Å²) in [5.74, 6) is 0.122. The molecular weight excluding hydrogens is 274 g/mol. The molecule has 2 heterocycles. The number of esters is 1. The van der Waals surface area contributed by atoms with E-state index in [4.69, 9.17) is 4.74 Å². The molecule has 0 aromatic heterocycles. The highest BCUT2D eigenvalue weighted by molar-refractivity contribution is 5.83. The Morgan fingerprint density at radius 2 is 1.95 bits per heavy atom. The summed E-state index contributed by atoms with van der Waals surface area (Å²) in [6.45, 7) is 0. The van der Waals surface area contributed by atoms with Crippen LogP contribution in [0.4, 0.5) is 0 Å². The largest absolute Gasteiger partial charge is 0.469 e. The number of fused-ring (bicyclic) bond motifs is 3. The lowest BCUT2D eigenvalue weighted by molar-refractivity contribution is -0.148. The molecule has 0 spiro atoms. The molecule has 4 rings (SSSR count). The summed E-state index contributed by atoms with van der Waals surface area (Å²) >= 11 is 0. The fourth-order valence-corrected chi connectivity index (χ4v) is 4.30. The van der Waals surface area contributed by atoms with Crippen molar-refractivity contribution >= 4 is 16.7 Å². The van der Waals surface area contributed by atoms with E-state index in [1.165, 1.54) is 29.9 Å². The Morgan fingerprint density at radius 1 is 1.14 bits per heavy atom. The van der Waals surface area contributed by atoms with Gasteiger partial charge in [-0.25, -0.2) is 0 Å². The van der Waals surface area contributed by atoms with Gasteiger partial charge in [0.05, 0.1) is 13.0 Å². The summed E-state index contributed by atoms with van der Waals surface area (Å²) in [5, 5.41) is 6.08. The number of rotatable bonds is 2. The third-order valence-corrected chi connectivity index (χ3v) is 5.36. The molecule has 2 fully saturated rings. The number of methoxy groups -OCH3 is 1. The average Bonchev–Trinajstić information content (AvgIpc) is 2.95. The Labute approximate surface area is 130 Å². The summed E-state index contributed by atoms with van der Waals surface area (Å²) < 4.78 is 5.10. The van der Waals surface area contributed by atoms with E-state index in [9.17, 15) is 4.79 Å². The van der Waals surface area contributed by atoms with Gasteiger partial charge in [0.15, 0.2) is 0 Å². The van der Waals surface area contributed by atoms with E-state index < -0.39 is 0 Å². The Hall–Kier alpha value is -1.87. The van der Waals surface area contributed by atoms with E-state index in [2.05, 4.69) is 47.8 Å². The first-order valence-corrected chi connectivity index (χ1v) is 8.09. The number of hydrogen-bond acceptors (Lipinski definition) is 3. The van der Waals surface area contributed by atoms with E-state index in [0.717, 1.165) is 12.8 Å². The number of carbonyl (C=O) groups is 1. The molecule has 3 heteroatoms. The Kier molecular flexibility index (Phi) is 3.38. The molecule has 114 valence electrons. The number of benzene rings is 2. The molecule has 2 aromatic carbocycles. The minimum Gasteiger partial charge on any atom is -0.469 e. The first-order valence-electron chi connectivity index (χ1n) is 8.09. The maximum absolute atomic E-state index is 12.3. The number of carbonyl (C=O) groups excluding carboxylic acids is 1. The van der Waals surface area contributed by atoms with Gasteiger partial charge in [-0.2, -0.15) is 0 Å². The zero-order valence-electron chi connectivity index (χ0n) is 12.8. The number of ether oxygens (including phenoxy) is 1. The Morgan fingerprint density at radius 3 is 2.77 bits per heavy atom. The van der Waals surface area contributed by atoms with Crippen LogP contribution >= 0.6 is 0 Å². The quantitative estimate of drug-likeness (QED) is 0.864. The average molecular weight is 295 g/mol. The highest BCUT2D eigenvalue weighted by atomic mass is 16.5. The third-order valence-electron chi connectivity index (χ3n) is 5.36. The Balaban J connectivity index is 1.75. The molecule has 2 aromatic rings. The van der Waals surface area contributed by atoms with Gasteiger partial charge in [-0.05, 0) is 35.6 Å². The lowest BCUT2D eigenvalue weighted by Gasteiger charge is -2.36. The molecule has 0 amide bonds. The van der Waals surface area contributed by atoms with Crippen molar-refractivity contribution in [2.75, 3.05) is 7.11 Å². The molecule has 22 heavy (non-hydrogen) atoms. The van der Waals surface area contributed by atoms with Crippen molar-refractivity contribution in [2.24, 2.45) is 5.92 Å². The van der Waals surface area contributed by atoms with Crippen molar-refractivity contribution in [3.8, 4) is 0 Å². The second-order valence-corrected chi connectivity index (χ2v) is 6.55. The van der Waals surface area contributed by atoms with Gasteiger partial charge in [0, 0.05) is 18.0 Å². The molecule has 1 N–H and O–H groups in total. The highest BCUT2D eigenvalue weighted by Gasteiger charge is 2.46. The highest BCUT2D eigenvalue weighted by Crippen LogP contribution is 2.42. The van der Waals surface area contributed by atoms with E-state index in [0.29, 0.717) is 6.04 Å². The summed E-state index contributed by atoms with van der Waals surface area (Å²) in [6.07, 6.45) is 3.27. The van der Waals surface area contributed by atoms with Crippen LogP contribution in [-0.4, -0.2) is 25.2 Å². The van der Waals surface area contributed by atoms with Gasteiger partial charge in [0.2, 0.25) is 0 Å². The molecule has 0 radical (unpaired) electrons. The van der Waals surface area contributed by atoms with Crippen molar-refractivity contribution in [3.63, 3.8) is 0 Å². The van der Waals surface area contributed by atoms with Gasteiger partial charge in [0.1, 0.15) is 0 Å². The lowest BCUT2D eigenvalue weighted by Crippen LogP contribution is -2.48. The molecule has 3 nitrogen and oxygen atoms in total. The van der Waals surface area contributed by atoms with Gasteiger partial charge in [-0.15, -0.1) is 0 Å². The van der Waals surface area contributed by atoms with Gasteiger partial charge in [0.25, 0.3) is 0 Å². The predicted molar refractivity (Wildman–Crippen MR) is 86.8 cm³/mol. The van der Waals surface area contributed by atoms with Crippen LogP contribution in [-0.2, 0) is 9.53 Å². The van der Waals surface area contributed by atoms with Gasteiger partial charge in [-0.1, -0.05) is 42.5 Å². The molecular formula is C19H21NO2. The Bertz CT molecular complexity index is 711. The van der Waals surface area contributed by atoms with Crippen LogP contribution in [0.5, 0.6) is 0 Å². The first-order chi connectivity index (χ1) is 10.8. The maximum Gasteiger partial charge on any atom is 0.310 e. The molecule has 0 saturated carbocycles. The van der Waals surface area contributed by atoms with Gasteiger partial charge in [-0.3, -0.25) is 4.79 Å². The molecule has 2 bridgehead atoms. The van der Waals surface area contributed by atoms with Crippen LogP contribution in [0.3, 0.4) is 0 Å². The standard InChI is InChI=1S/C19H21NO2/c1-22-19(21)18-16(11-15-8-9-17(18)20-15)14-7-6-12-4-2-3-5-13(12)10-14/h2-7,10,15-18,20H,8-9,11H2,1H3/t15?,16-,17?,18-/m0/s1. The van der Waals surface area contributed by atoms with Crippen molar-refractivity contribution in [1.82, 2.24) is 5.32 Å². The third kappa shape index (κ3) is 2.20. The summed E-state index contributed by atoms with van der Waals surface area (Å²) in [4.78, 5) is 12.3. The van der Waals surface area contributed by atoms with E-state index in [1.807, 2.05) is 0 Å². The molecule has 0 aliphatic carbocycles. The van der Waals surface area contributed by atoms with Crippen molar-refractivity contribution < 1.29 is 9.53 Å². The first kappa shape index (κ1) is 13.8. The van der Waals surface area contributed by atoms with E-state index in [-0.39, 0.29) is 23.8 Å². The van der Waals surface area contributed by atoms with E-state index in [1.54, 1.807) is 0 Å². The normalized spacial score (nSPS) is 30.4. The zero-order valence-corrected chi connectivity index (χ0v) is 12.8. The number of nitrogens with one attached hydrogen (secondary N) is 1. The van der Waals surface area contributed by atoms with Crippen LogP contribution in [0.2, 0.25) is 0 Å². The fourth-order valence-electron chi connectivity index (χ4n) is 4.30. The smallest absolute Gasteiger partial charge is 0.310 e. The van der Waals surface area contributed by atoms with Crippen molar-refractivity contribution in [1.29, 1.82) is 0 Å². The second kappa shape index (κ2) is 5.40. The van der Waals surface area contributed by atoms with Crippen LogP contribution < -0.4 is 5.32 Å². The molecule has 2 aliphatic heterocycles. The lowest BCUT2D eigenvalue weighted by atomic mass is 9.76. The minimum absolute atomic E-state index is 0.0649. The predicted octanol–water partition coefficient (Wildman–Crippen LogP) is 3.24. The van der Waals surface area contributed by atoms with Crippen LogP contribution in [0.15, 0.2) is 42.5 Å². The molecule has 4 atom stereocenters. The van der Waals surface area contributed by atoms with Crippen molar-refractivity contribution in [2.45, 2.75) is 37.3 Å². The van der Waals surface area contributed by atoms with Crippen LogP contribution in [0, 0.1) is 5.92 Å². The zero-order chi connectivity index (χ0) is 15.1. The monoisotopic (exact) mass is 295 g/mol. The molecule has 2 aliphatic rings.